The molecular weight excluding hydrogens is 310 g/mol. The lowest BCUT2D eigenvalue weighted by Crippen LogP contribution is -2.26. The van der Waals surface area contributed by atoms with Gasteiger partial charge in [-0.2, -0.15) is 5.10 Å². The third-order valence-corrected chi connectivity index (χ3v) is 4.83. The molecule has 1 fully saturated rings. The SMILES string of the molecule is O=c1c(Cl)c(NCC2CCCCC2)cnn1Cc1ccccc1. The molecule has 0 bridgehead atoms. The van der Waals surface area contributed by atoms with Gasteiger partial charge in [0, 0.05) is 6.54 Å². The first-order valence-corrected chi connectivity index (χ1v) is 8.65. The molecule has 3 rings (SSSR count). The minimum atomic E-state index is -0.246. The Hall–Kier alpha value is -1.81. The van der Waals surface area contributed by atoms with Crippen LogP contribution in [0.4, 0.5) is 5.69 Å². The Balaban J connectivity index is 1.68. The normalized spacial score (nSPS) is 15.5. The van der Waals surface area contributed by atoms with Crippen LogP contribution in [0.1, 0.15) is 37.7 Å². The molecule has 1 aromatic heterocycles. The van der Waals surface area contributed by atoms with Crippen molar-refractivity contribution in [2.24, 2.45) is 5.92 Å². The number of anilines is 1. The molecule has 4 nitrogen and oxygen atoms in total. The number of halogens is 1. The van der Waals surface area contributed by atoms with Crippen molar-refractivity contribution in [2.75, 3.05) is 11.9 Å². The van der Waals surface area contributed by atoms with Gasteiger partial charge in [-0.25, -0.2) is 4.68 Å². The van der Waals surface area contributed by atoms with E-state index in [4.69, 9.17) is 11.6 Å². The molecule has 1 aliphatic carbocycles. The lowest BCUT2D eigenvalue weighted by molar-refractivity contribution is 0.373. The molecule has 1 aliphatic rings. The van der Waals surface area contributed by atoms with Crippen molar-refractivity contribution < 1.29 is 0 Å². The second kappa shape index (κ2) is 7.64. The third-order valence-electron chi connectivity index (χ3n) is 4.47. The number of nitrogens with zero attached hydrogens (tertiary/aromatic N) is 2. The average molecular weight is 332 g/mol. The predicted octanol–water partition coefficient (Wildman–Crippen LogP) is 3.94. The maximum absolute atomic E-state index is 12.4. The lowest BCUT2D eigenvalue weighted by atomic mass is 9.89. The molecule has 0 saturated heterocycles. The molecule has 0 radical (unpaired) electrons. The summed E-state index contributed by atoms with van der Waals surface area (Å²) in [6.45, 7) is 1.30. The highest BCUT2D eigenvalue weighted by Crippen LogP contribution is 2.24. The fourth-order valence-electron chi connectivity index (χ4n) is 3.10. The zero-order chi connectivity index (χ0) is 16.1. The standard InChI is InChI=1S/C18H22ClN3O/c19-17-16(20-11-14-7-3-1-4-8-14)12-21-22(18(17)23)13-15-9-5-2-6-10-15/h2,5-6,9-10,12,14,20H,1,3-4,7-8,11,13H2. The van der Waals surface area contributed by atoms with Gasteiger partial charge >= 0.3 is 0 Å². The van der Waals surface area contributed by atoms with Crippen LogP contribution < -0.4 is 10.9 Å². The van der Waals surface area contributed by atoms with Crippen molar-refractivity contribution in [1.82, 2.24) is 9.78 Å². The van der Waals surface area contributed by atoms with Gasteiger partial charge in [-0.15, -0.1) is 0 Å². The smallest absolute Gasteiger partial charge is 0.287 e. The first-order chi connectivity index (χ1) is 11.2. The number of rotatable bonds is 5. The predicted molar refractivity (Wildman–Crippen MR) is 94.1 cm³/mol. The van der Waals surface area contributed by atoms with Crippen LogP contribution in [0, 0.1) is 5.92 Å². The number of hydrogen-bond donors (Lipinski definition) is 1. The number of benzene rings is 1. The van der Waals surface area contributed by atoms with Crippen molar-refractivity contribution >= 4 is 17.3 Å². The molecule has 0 unspecified atom stereocenters. The van der Waals surface area contributed by atoms with Crippen LogP contribution in [0.15, 0.2) is 41.3 Å². The van der Waals surface area contributed by atoms with Crippen LogP contribution >= 0.6 is 11.6 Å². The van der Waals surface area contributed by atoms with Crippen LogP contribution in [0.25, 0.3) is 0 Å². The van der Waals surface area contributed by atoms with Gasteiger partial charge in [0.05, 0.1) is 18.4 Å². The summed E-state index contributed by atoms with van der Waals surface area (Å²) in [5.74, 6) is 0.673. The highest BCUT2D eigenvalue weighted by molar-refractivity contribution is 6.32. The van der Waals surface area contributed by atoms with Crippen molar-refractivity contribution in [1.29, 1.82) is 0 Å². The number of hydrogen-bond acceptors (Lipinski definition) is 3. The van der Waals surface area contributed by atoms with Gasteiger partial charge in [-0.3, -0.25) is 4.79 Å². The van der Waals surface area contributed by atoms with Gasteiger partial charge in [0.1, 0.15) is 5.02 Å². The Kier molecular flexibility index (Phi) is 5.34. The van der Waals surface area contributed by atoms with E-state index in [9.17, 15) is 4.79 Å². The van der Waals surface area contributed by atoms with Gasteiger partial charge in [-0.1, -0.05) is 61.2 Å². The van der Waals surface area contributed by atoms with Crippen LogP contribution in [0.2, 0.25) is 5.02 Å². The summed E-state index contributed by atoms with van der Waals surface area (Å²) in [7, 11) is 0. The zero-order valence-corrected chi connectivity index (χ0v) is 13.9. The molecule has 0 aliphatic heterocycles. The van der Waals surface area contributed by atoms with E-state index in [-0.39, 0.29) is 10.6 Å². The zero-order valence-electron chi connectivity index (χ0n) is 13.2. The molecule has 2 aromatic rings. The van der Waals surface area contributed by atoms with E-state index in [1.165, 1.54) is 36.8 Å². The first-order valence-electron chi connectivity index (χ1n) is 8.27. The molecule has 1 heterocycles. The summed E-state index contributed by atoms with van der Waals surface area (Å²) in [5.41, 5.74) is 1.43. The fraction of sp³-hybridized carbons (Fsp3) is 0.444. The van der Waals surface area contributed by atoms with Crippen LogP contribution in [-0.4, -0.2) is 16.3 Å². The Bertz CT molecular complexity index is 693. The summed E-state index contributed by atoms with van der Waals surface area (Å²) < 4.78 is 1.41. The quantitative estimate of drug-likeness (QED) is 0.902. The number of aromatic nitrogens is 2. The monoisotopic (exact) mass is 331 g/mol. The van der Waals surface area contributed by atoms with Crippen LogP contribution in [-0.2, 0) is 6.54 Å². The third kappa shape index (κ3) is 4.14. The van der Waals surface area contributed by atoms with Gasteiger partial charge in [0.2, 0.25) is 0 Å². The topological polar surface area (TPSA) is 46.9 Å². The van der Waals surface area contributed by atoms with Crippen molar-refractivity contribution in [3.63, 3.8) is 0 Å². The highest BCUT2D eigenvalue weighted by Gasteiger charge is 2.15. The second-order valence-electron chi connectivity index (χ2n) is 6.21. The molecule has 1 N–H and O–H groups in total. The molecule has 0 atom stereocenters. The van der Waals surface area contributed by atoms with E-state index in [1.54, 1.807) is 6.20 Å². The van der Waals surface area contributed by atoms with E-state index in [1.807, 2.05) is 30.3 Å². The Morgan fingerprint density at radius 1 is 1.17 bits per heavy atom. The fourth-order valence-corrected chi connectivity index (χ4v) is 3.32. The largest absolute Gasteiger partial charge is 0.382 e. The molecule has 1 saturated carbocycles. The van der Waals surface area contributed by atoms with Gasteiger partial charge in [0.25, 0.3) is 5.56 Å². The van der Waals surface area contributed by atoms with E-state index in [2.05, 4.69) is 10.4 Å². The maximum Gasteiger partial charge on any atom is 0.287 e. The van der Waals surface area contributed by atoms with E-state index in [0.29, 0.717) is 18.2 Å². The minimum absolute atomic E-state index is 0.228. The molecule has 23 heavy (non-hydrogen) atoms. The summed E-state index contributed by atoms with van der Waals surface area (Å²) in [6.07, 6.45) is 8.12. The lowest BCUT2D eigenvalue weighted by Gasteiger charge is -2.22. The summed E-state index contributed by atoms with van der Waals surface area (Å²) in [5, 5.41) is 7.79. The molecular formula is C18H22ClN3O. The molecule has 0 spiro atoms. The second-order valence-corrected chi connectivity index (χ2v) is 6.58. The number of nitrogens with one attached hydrogen (secondary N) is 1. The highest BCUT2D eigenvalue weighted by atomic mass is 35.5. The maximum atomic E-state index is 12.4. The van der Waals surface area contributed by atoms with Gasteiger partial charge < -0.3 is 5.32 Å². The van der Waals surface area contributed by atoms with Crippen molar-refractivity contribution in [3.8, 4) is 0 Å². The summed E-state index contributed by atoms with van der Waals surface area (Å²) >= 11 is 6.25. The molecule has 1 aromatic carbocycles. The van der Waals surface area contributed by atoms with Crippen molar-refractivity contribution in [2.45, 2.75) is 38.6 Å². The first kappa shape index (κ1) is 16.1. The van der Waals surface area contributed by atoms with Crippen molar-refractivity contribution in [3.05, 3.63) is 57.5 Å². The van der Waals surface area contributed by atoms with Crippen LogP contribution in [0.3, 0.4) is 0 Å². The summed E-state index contributed by atoms with van der Waals surface area (Å²) in [6, 6.07) is 9.78. The van der Waals surface area contributed by atoms with Gasteiger partial charge in [0.15, 0.2) is 0 Å². The Morgan fingerprint density at radius 3 is 2.65 bits per heavy atom. The molecule has 122 valence electrons. The summed E-state index contributed by atoms with van der Waals surface area (Å²) in [4.78, 5) is 12.4. The van der Waals surface area contributed by atoms with Crippen LogP contribution in [0.5, 0.6) is 0 Å². The van der Waals surface area contributed by atoms with Gasteiger partial charge in [-0.05, 0) is 24.3 Å². The minimum Gasteiger partial charge on any atom is -0.382 e. The van der Waals surface area contributed by atoms with E-state index in [0.717, 1.165) is 12.1 Å². The Labute approximate surface area is 141 Å². The molecule has 0 amide bonds. The van der Waals surface area contributed by atoms with E-state index >= 15 is 0 Å². The molecule has 5 heteroatoms. The average Bonchev–Trinajstić information content (AvgIpc) is 2.60. The Morgan fingerprint density at radius 2 is 1.91 bits per heavy atom. The van der Waals surface area contributed by atoms with E-state index < -0.39 is 0 Å².